The van der Waals surface area contributed by atoms with Gasteiger partial charge in [0.2, 0.25) is 0 Å². The minimum absolute atomic E-state index is 0.227. The third-order valence-electron chi connectivity index (χ3n) is 5.05. The van der Waals surface area contributed by atoms with Gasteiger partial charge in [0.15, 0.2) is 9.84 Å². The molecule has 0 bridgehead atoms. The summed E-state index contributed by atoms with van der Waals surface area (Å²) in [5.41, 5.74) is 1.34. The maximum Gasteiger partial charge on any atom is 0.198 e. The fourth-order valence-corrected chi connectivity index (χ4v) is 4.75. The average molecular weight is 529 g/mol. The fourth-order valence-electron chi connectivity index (χ4n) is 3.27. The van der Waals surface area contributed by atoms with Crippen LogP contribution in [0, 0.1) is 16.3 Å². The van der Waals surface area contributed by atoms with Crippen LogP contribution in [0.3, 0.4) is 0 Å². The number of nitrogens with zero attached hydrogens (tertiary/aromatic N) is 3. The Kier molecular flexibility index (Phi) is 7.28. The van der Waals surface area contributed by atoms with Gasteiger partial charge in [-0.3, -0.25) is 4.99 Å². The summed E-state index contributed by atoms with van der Waals surface area (Å²) in [5, 5.41) is 0. The summed E-state index contributed by atoms with van der Waals surface area (Å²) >= 11 is 2.13. The van der Waals surface area contributed by atoms with E-state index in [0.29, 0.717) is 24.5 Å². The fraction of sp³-hybridized carbons (Fsp3) is 0.381. The molecule has 1 saturated heterocycles. The number of likely N-dealkylation sites (N-methyl/N-ethyl adjacent to an activating group) is 1. The lowest BCUT2D eigenvalue weighted by Gasteiger charge is -2.36. The standard InChI is InChI=1S/C21H25FIN3O2S/c1-3-25-10-12-26(13-11-25)21(19-14-17(23)6-9-20(19)22)24-15-29(27,28)18-7-4-16(2)5-8-18/h4-9,14H,3,10-13,15H2,1-2H3/b24-21-. The number of benzene rings is 2. The topological polar surface area (TPSA) is 53.0 Å². The van der Waals surface area contributed by atoms with Crippen LogP contribution < -0.4 is 0 Å². The van der Waals surface area contributed by atoms with Gasteiger partial charge in [-0.05, 0) is 66.4 Å². The Labute approximate surface area is 185 Å². The molecule has 29 heavy (non-hydrogen) atoms. The molecule has 0 N–H and O–H groups in total. The monoisotopic (exact) mass is 529 g/mol. The zero-order valence-corrected chi connectivity index (χ0v) is 19.6. The van der Waals surface area contributed by atoms with Crippen LogP contribution in [0.5, 0.6) is 0 Å². The number of piperazine rings is 1. The minimum Gasteiger partial charge on any atom is -0.354 e. The number of amidine groups is 1. The van der Waals surface area contributed by atoms with Gasteiger partial charge in [0.25, 0.3) is 0 Å². The Morgan fingerprint density at radius 1 is 1.10 bits per heavy atom. The molecule has 156 valence electrons. The first kappa shape index (κ1) is 22.2. The van der Waals surface area contributed by atoms with Crippen molar-refractivity contribution in [1.29, 1.82) is 0 Å². The molecule has 0 spiro atoms. The maximum atomic E-state index is 14.6. The highest BCUT2D eigenvalue weighted by atomic mass is 127. The van der Waals surface area contributed by atoms with Crippen LogP contribution >= 0.6 is 22.6 Å². The van der Waals surface area contributed by atoms with E-state index in [0.717, 1.165) is 28.8 Å². The van der Waals surface area contributed by atoms with E-state index >= 15 is 0 Å². The molecule has 0 unspecified atom stereocenters. The van der Waals surface area contributed by atoms with Crippen LogP contribution in [0.2, 0.25) is 0 Å². The van der Waals surface area contributed by atoms with Gasteiger partial charge in [-0.15, -0.1) is 0 Å². The van der Waals surface area contributed by atoms with E-state index in [1.165, 1.54) is 6.07 Å². The van der Waals surface area contributed by atoms with Gasteiger partial charge in [-0.1, -0.05) is 24.6 Å². The number of rotatable bonds is 5. The van der Waals surface area contributed by atoms with Crippen molar-refractivity contribution < 1.29 is 12.8 Å². The number of aryl methyl sites for hydroxylation is 1. The van der Waals surface area contributed by atoms with E-state index in [9.17, 15) is 12.8 Å². The molecule has 0 aromatic heterocycles. The first-order valence-electron chi connectivity index (χ1n) is 9.57. The van der Waals surface area contributed by atoms with E-state index in [4.69, 9.17) is 0 Å². The van der Waals surface area contributed by atoms with Crippen LogP contribution in [0.4, 0.5) is 4.39 Å². The van der Waals surface area contributed by atoms with Crippen molar-refractivity contribution in [2.75, 3.05) is 38.6 Å². The molecule has 1 aliphatic heterocycles. The summed E-state index contributed by atoms with van der Waals surface area (Å²) in [5.74, 6) is -0.396. The molecule has 0 radical (unpaired) electrons. The van der Waals surface area contributed by atoms with Crippen molar-refractivity contribution in [3.63, 3.8) is 0 Å². The first-order chi connectivity index (χ1) is 13.8. The third-order valence-corrected chi connectivity index (χ3v) is 7.18. The van der Waals surface area contributed by atoms with Gasteiger partial charge in [-0.2, -0.15) is 0 Å². The molecule has 0 amide bonds. The van der Waals surface area contributed by atoms with Gasteiger partial charge in [0, 0.05) is 29.7 Å². The Hall–Kier alpha value is -1.52. The number of hydrogen-bond acceptors (Lipinski definition) is 4. The zero-order chi connectivity index (χ0) is 21.0. The highest BCUT2D eigenvalue weighted by Gasteiger charge is 2.23. The predicted octanol–water partition coefficient (Wildman–Crippen LogP) is 3.55. The lowest BCUT2D eigenvalue weighted by Crippen LogP contribution is -2.49. The van der Waals surface area contributed by atoms with Gasteiger partial charge in [0.05, 0.1) is 10.5 Å². The van der Waals surface area contributed by atoms with E-state index in [2.05, 4.69) is 39.4 Å². The minimum atomic E-state index is -3.61. The average Bonchev–Trinajstić information content (AvgIpc) is 2.71. The van der Waals surface area contributed by atoms with Gasteiger partial charge >= 0.3 is 0 Å². The Balaban J connectivity index is 1.94. The van der Waals surface area contributed by atoms with Crippen molar-refractivity contribution >= 4 is 38.3 Å². The number of sulfone groups is 1. The number of halogens is 2. The van der Waals surface area contributed by atoms with E-state index in [1.54, 1.807) is 36.4 Å². The molecule has 0 aliphatic carbocycles. The predicted molar refractivity (Wildman–Crippen MR) is 123 cm³/mol. The summed E-state index contributed by atoms with van der Waals surface area (Å²) in [4.78, 5) is 8.96. The second-order valence-electron chi connectivity index (χ2n) is 7.08. The molecule has 2 aromatic carbocycles. The molecule has 8 heteroatoms. The second kappa shape index (κ2) is 9.53. The smallest absolute Gasteiger partial charge is 0.198 e. The quantitative estimate of drug-likeness (QED) is 0.338. The molecular weight excluding hydrogens is 504 g/mol. The molecule has 0 atom stereocenters. The zero-order valence-electron chi connectivity index (χ0n) is 16.6. The number of aliphatic imine (C=N–C) groups is 1. The molecule has 1 heterocycles. The summed E-state index contributed by atoms with van der Waals surface area (Å²) < 4.78 is 41.1. The SMILES string of the molecule is CCN1CCN(/C(=N\CS(=O)(=O)c2ccc(C)cc2)c2cc(I)ccc2F)CC1. The summed E-state index contributed by atoms with van der Waals surface area (Å²) in [6.45, 7) is 8.02. The van der Waals surface area contributed by atoms with Crippen LogP contribution in [0.15, 0.2) is 52.4 Å². The van der Waals surface area contributed by atoms with E-state index in [1.807, 2.05) is 11.8 Å². The van der Waals surface area contributed by atoms with Crippen molar-refractivity contribution in [2.45, 2.75) is 18.7 Å². The summed E-state index contributed by atoms with van der Waals surface area (Å²) in [7, 11) is -3.61. The van der Waals surface area contributed by atoms with Gasteiger partial charge in [-0.25, -0.2) is 12.8 Å². The van der Waals surface area contributed by atoms with Crippen molar-refractivity contribution in [1.82, 2.24) is 9.80 Å². The first-order valence-corrected chi connectivity index (χ1v) is 12.3. The largest absolute Gasteiger partial charge is 0.354 e. The van der Waals surface area contributed by atoms with Crippen LogP contribution in [0.25, 0.3) is 0 Å². The van der Waals surface area contributed by atoms with Crippen LogP contribution in [-0.2, 0) is 9.84 Å². The van der Waals surface area contributed by atoms with Crippen molar-refractivity contribution in [3.05, 3.63) is 63.0 Å². The lowest BCUT2D eigenvalue weighted by molar-refractivity contribution is 0.190. The maximum absolute atomic E-state index is 14.6. The molecule has 3 rings (SSSR count). The van der Waals surface area contributed by atoms with E-state index < -0.39 is 21.5 Å². The number of hydrogen-bond donors (Lipinski definition) is 0. The Morgan fingerprint density at radius 2 is 1.76 bits per heavy atom. The highest BCUT2D eigenvalue weighted by Crippen LogP contribution is 2.19. The lowest BCUT2D eigenvalue weighted by atomic mass is 10.1. The second-order valence-corrected chi connectivity index (χ2v) is 10.3. The van der Waals surface area contributed by atoms with Gasteiger partial charge < -0.3 is 9.80 Å². The van der Waals surface area contributed by atoms with Crippen molar-refractivity contribution in [2.24, 2.45) is 4.99 Å². The Bertz CT molecular complexity index is 985. The Morgan fingerprint density at radius 3 is 2.38 bits per heavy atom. The van der Waals surface area contributed by atoms with Crippen molar-refractivity contribution in [3.8, 4) is 0 Å². The molecule has 1 aliphatic rings. The molecule has 0 saturated carbocycles. The van der Waals surface area contributed by atoms with Crippen LogP contribution in [-0.4, -0.2) is 62.7 Å². The molecule has 1 fully saturated rings. The highest BCUT2D eigenvalue weighted by molar-refractivity contribution is 14.1. The van der Waals surface area contributed by atoms with Crippen LogP contribution in [0.1, 0.15) is 18.1 Å². The summed E-state index contributed by atoms with van der Waals surface area (Å²) in [6, 6.07) is 11.5. The van der Waals surface area contributed by atoms with E-state index in [-0.39, 0.29) is 4.90 Å². The molecule has 2 aromatic rings. The molecule has 5 nitrogen and oxygen atoms in total. The normalized spacial score (nSPS) is 16.3. The third kappa shape index (κ3) is 5.55. The summed E-state index contributed by atoms with van der Waals surface area (Å²) in [6.07, 6.45) is 0. The van der Waals surface area contributed by atoms with Gasteiger partial charge in [0.1, 0.15) is 17.5 Å². The molecular formula is C21H25FIN3O2S.